The van der Waals surface area contributed by atoms with Gasteiger partial charge in [0.05, 0.1) is 6.54 Å². The lowest BCUT2D eigenvalue weighted by atomic mass is 10.1. The number of likely N-dealkylation sites (tertiary alicyclic amines) is 1. The Morgan fingerprint density at radius 3 is 2.27 bits per heavy atom. The van der Waals surface area contributed by atoms with Crippen LogP contribution >= 0.6 is 0 Å². The molecule has 120 valence electrons. The molecule has 1 aromatic carbocycles. The SMILES string of the molecule is Cc1ccccc1CN1CCN(CC(=O)N2CCCC2)CC1. The Morgan fingerprint density at radius 2 is 1.59 bits per heavy atom. The molecule has 1 aromatic rings. The molecule has 0 aliphatic carbocycles. The zero-order valence-corrected chi connectivity index (χ0v) is 13.6. The van der Waals surface area contributed by atoms with Crippen molar-refractivity contribution in [1.82, 2.24) is 14.7 Å². The third-order valence-electron chi connectivity index (χ3n) is 4.94. The van der Waals surface area contributed by atoms with E-state index in [1.807, 2.05) is 4.90 Å². The van der Waals surface area contributed by atoms with E-state index in [0.29, 0.717) is 12.5 Å². The summed E-state index contributed by atoms with van der Waals surface area (Å²) in [4.78, 5) is 19.0. The van der Waals surface area contributed by atoms with Crippen molar-refractivity contribution < 1.29 is 4.79 Å². The molecule has 2 heterocycles. The second-order valence-electron chi connectivity index (χ2n) is 6.57. The van der Waals surface area contributed by atoms with E-state index in [1.54, 1.807) is 0 Å². The van der Waals surface area contributed by atoms with Crippen molar-refractivity contribution in [2.75, 3.05) is 45.8 Å². The Morgan fingerprint density at radius 1 is 0.955 bits per heavy atom. The van der Waals surface area contributed by atoms with Crippen LogP contribution in [0.1, 0.15) is 24.0 Å². The maximum Gasteiger partial charge on any atom is 0.236 e. The number of benzene rings is 1. The number of aryl methyl sites for hydroxylation is 1. The van der Waals surface area contributed by atoms with Gasteiger partial charge in [0.1, 0.15) is 0 Å². The quantitative estimate of drug-likeness (QED) is 0.847. The summed E-state index contributed by atoms with van der Waals surface area (Å²) in [7, 11) is 0. The molecule has 2 aliphatic heterocycles. The summed E-state index contributed by atoms with van der Waals surface area (Å²) in [5.74, 6) is 0.324. The molecule has 2 saturated heterocycles. The molecule has 0 spiro atoms. The molecule has 0 atom stereocenters. The third-order valence-corrected chi connectivity index (χ3v) is 4.94. The van der Waals surface area contributed by atoms with Crippen molar-refractivity contribution in [3.8, 4) is 0 Å². The van der Waals surface area contributed by atoms with Crippen LogP contribution in [0.4, 0.5) is 0 Å². The molecular formula is C18H27N3O. The predicted octanol–water partition coefficient (Wildman–Crippen LogP) is 1.74. The van der Waals surface area contributed by atoms with Crippen LogP contribution in [0.2, 0.25) is 0 Å². The van der Waals surface area contributed by atoms with Gasteiger partial charge >= 0.3 is 0 Å². The Bertz CT molecular complexity index is 503. The van der Waals surface area contributed by atoms with Crippen LogP contribution in [0, 0.1) is 6.92 Å². The first-order valence-corrected chi connectivity index (χ1v) is 8.49. The second-order valence-corrected chi connectivity index (χ2v) is 6.57. The summed E-state index contributed by atoms with van der Waals surface area (Å²) < 4.78 is 0. The van der Waals surface area contributed by atoms with Gasteiger partial charge in [0.2, 0.25) is 5.91 Å². The summed E-state index contributed by atoms with van der Waals surface area (Å²) >= 11 is 0. The van der Waals surface area contributed by atoms with Crippen LogP contribution in [0.25, 0.3) is 0 Å². The molecule has 0 radical (unpaired) electrons. The van der Waals surface area contributed by atoms with E-state index >= 15 is 0 Å². The maximum atomic E-state index is 12.2. The number of amides is 1. The highest BCUT2D eigenvalue weighted by Gasteiger charge is 2.23. The van der Waals surface area contributed by atoms with E-state index in [9.17, 15) is 4.79 Å². The molecule has 0 N–H and O–H groups in total. The van der Waals surface area contributed by atoms with Gasteiger partial charge in [-0.05, 0) is 30.9 Å². The van der Waals surface area contributed by atoms with Crippen LogP contribution in [0.3, 0.4) is 0 Å². The minimum Gasteiger partial charge on any atom is -0.342 e. The van der Waals surface area contributed by atoms with Crippen LogP contribution in [-0.4, -0.2) is 66.4 Å². The Kier molecular flexibility index (Phi) is 5.11. The third kappa shape index (κ3) is 3.87. The highest BCUT2D eigenvalue weighted by atomic mass is 16.2. The molecule has 0 bridgehead atoms. The first-order valence-electron chi connectivity index (χ1n) is 8.49. The fourth-order valence-corrected chi connectivity index (χ4v) is 3.39. The van der Waals surface area contributed by atoms with Crippen LogP contribution in [0.15, 0.2) is 24.3 Å². The zero-order chi connectivity index (χ0) is 15.4. The fraction of sp³-hybridized carbons (Fsp3) is 0.611. The molecule has 4 heteroatoms. The van der Waals surface area contributed by atoms with Crippen LogP contribution < -0.4 is 0 Å². The summed E-state index contributed by atoms with van der Waals surface area (Å²) in [5, 5.41) is 0. The highest BCUT2D eigenvalue weighted by Crippen LogP contribution is 2.13. The number of piperazine rings is 1. The summed E-state index contributed by atoms with van der Waals surface area (Å²) in [5.41, 5.74) is 2.79. The van der Waals surface area contributed by atoms with Crippen LogP contribution in [-0.2, 0) is 11.3 Å². The van der Waals surface area contributed by atoms with Gasteiger partial charge in [-0.25, -0.2) is 0 Å². The fourth-order valence-electron chi connectivity index (χ4n) is 3.39. The molecular weight excluding hydrogens is 274 g/mol. The van der Waals surface area contributed by atoms with Gasteiger partial charge in [-0.15, -0.1) is 0 Å². The molecule has 2 fully saturated rings. The first-order chi connectivity index (χ1) is 10.7. The molecule has 22 heavy (non-hydrogen) atoms. The van der Waals surface area contributed by atoms with E-state index in [0.717, 1.165) is 45.8 Å². The van der Waals surface area contributed by atoms with E-state index in [-0.39, 0.29) is 0 Å². The van der Waals surface area contributed by atoms with E-state index in [4.69, 9.17) is 0 Å². The topological polar surface area (TPSA) is 26.8 Å². The first kappa shape index (κ1) is 15.5. The van der Waals surface area contributed by atoms with Crippen molar-refractivity contribution in [3.05, 3.63) is 35.4 Å². The molecule has 2 aliphatic rings. The van der Waals surface area contributed by atoms with E-state index in [2.05, 4.69) is 41.0 Å². The lowest BCUT2D eigenvalue weighted by molar-refractivity contribution is -0.131. The lowest BCUT2D eigenvalue weighted by Gasteiger charge is -2.35. The van der Waals surface area contributed by atoms with Crippen molar-refractivity contribution in [1.29, 1.82) is 0 Å². The van der Waals surface area contributed by atoms with Gasteiger partial charge in [-0.2, -0.15) is 0 Å². The Balaban J connectivity index is 1.44. The number of carbonyl (C=O) groups is 1. The van der Waals surface area contributed by atoms with Gasteiger partial charge < -0.3 is 4.90 Å². The monoisotopic (exact) mass is 301 g/mol. The maximum absolute atomic E-state index is 12.2. The summed E-state index contributed by atoms with van der Waals surface area (Å²) in [6, 6.07) is 8.62. The minimum atomic E-state index is 0.324. The van der Waals surface area contributed by atoms with Gasteiger partial charge in [0.25, 0.3) is 0 Å². The smallest absolute Gasteiger partial charge is 0.236 e. The number of hydrogen-bond acceptors (Lipinski definition) is 3. The zero-order valence-electron chi connectivity index (χ0n) is 13.6. The summed E-state index contributed by atoms with van der Waals surface area (Å²) in [6.07, 6.45) is 2.35. The Hall–Kier alpha value is -1.39. The molecule has 4 nitrogen and oxygen atoms in total. The number of carbonyl (C=O) groups excluding carboxylic acids is 1. The van der Waals surface area contributed by atoms with Crippen molar-refractivity contribution >= 4 is 5.91 Å². The normalized spacial score (nSPS) is 20.5. The van der Waals surface area contributed by atoms with E-state index in [1.165, 1.54) is 24.0 Å². The number of nitrogens with zero attached hydrogens (tertiary/aromatic N) is 3. The molecule has 0 aromatic heterocycles. The average molecular weight is 301 g/mol. The minimum absolute atomic E-state index is 0.324. The van der Waals surface area contributed by atoms with Gasteiger partial charge in [0, 0.05) is 45.8 Å². The van der Waals surface area contributed by atoms with Gasteiger partial charge in [0.15, 0.2) is 0 Å². The highest BCUT2D eigenvalue weighted by molar-refractivity contribution is 5.78. The lowest BCUT2D eigenvalue weighted by Crippen LogP contribution is -2.49. The van der Waals surface area contributed by atoms with Crippen LogP contribution in [0.5, 0.6) is 0 Å². The molecule has 3 rings (SSSR count). The number of rotatable bonds is 4. The molecule has 0 unspecified atom stereocenters. The standard InChI is InChI=1S/C18H27N3O/c1-16-6-2-3-7-17(16)14-19-10-12-20(13-11-19)15-18(22)21-8-4-5-9-21/h2-3,6-7H,4-5,8-15H2,1H3. The largest absolute Gasteiger partial charge is 0.342 e. The number of hydrogen-bond donors (Lipinski definition) is 0. The van der Waals surface area contributed by atoms with Crippen molar-refractivity contribution in [2.24, 2.45) is 0 Å². The average Bonchev–Trinajstić information content (AvgIpc) is 3.06. The molecule has 0 saturated carbocycles. The van der Waals surface area contributed by atoms with E-state index < -0.39 is 0 Å². The van der Waals surface area contributed by atoms with Crippen molar-refractivity contribution in [3.63, 3.8) is 0 Å². The molecule has 1 amide bonds. The predicted molar refractivity (Wildman–Crippen MR) is 88.7 cm³/mol. The van der Waals surface area contributed by atoms with Crippen molar-refractivity contribution in [2.45, 2.75) is 26.3 Å². The van der Waals surface area contributed by atoms with Gasteiger partial charge in [-0.3, -0.25) is 14.6 Å². The summed E-state index contributed by atoms with van der Waals surface area (Å²) in [6.45, 7) is 9.87. The second kappa shape index (κ2) is 7.25. The van der Waals surface area contributed by atoms with Gasteiger partial charge in [-0.1, -0.05) is 24.3 Å². The Labute approximate surface area is 133 Å².